The molecule has 34 heavy (non-hydrogen) atoms. The molecule has 2 aromatic carbocycles. The number of fused-ring (bicyclic) bond motifs is 1. The van der Waals surface area contributed by atoms with Crippen molar-refractivity contribution in [3.63, 3.8) is 0 Å². The molecule has 11 heteroatoms. The zero-order valence-electron chi connectivity index (χ0n) is 17.7. The second-order valence-electron chi connectivity index (χ2n) is 8.85. The number of nitrogens with zero attached hydrogens (tertiary/aromatic N) is 2. The molecule has 0 radical (unpaired) electrons. The van der Waals surface area contributed by atoms with Gasteiger partial charge < -0.3 is 15.1 Å². The van der Waals surface area contributed by atoms with Crippen LogP contribution in [0.3, 0.4) is 0 Å². The fourth-order valence-corrected chi connectivity index (χ4v) is 4.71. The van der Waals surface area contributed by atoms with Gasteiger partial charge in [0.05, 0.1) is 16.5 Å². The molecule has 0 aromatic heterocycles. The van der Waals surface area contributed by atoms with Crippen LogP contribution in [0.5, 0.6) is 0 Å². The summed E-state index contributed by atoms with van der Waals surface area (Å²) in [5.41, 5.74) is -1.04. The molecule has 1 atom stereocenters. The lowest BCUT2D eigenvalue weighted by Crippen LogP contribution is -2.44. The predicted molar refractivity (Wildman–Crippen MR) is 118 cm³/mol. The molecule has 1 unspecified atom stereocenters. The standard InChI is InChI=1S/C23H19Cl2F4N3O2/c24-17-6-16(7-18(25)20(17)26)22(23(27,28)29)8-19(31-34-22)32-10-14-4-3-13(5-15(14)11-32)21(33)30-9-12-1-2-12/h3-7,12H,1-2,8-11H2,(H,30,33). The topological polar surface area (TPSA) is 53.9 Å². The van der Waals surface area contributed by atoms with Crippen LogP contribution in [-0.4, -0.2) is 29.4 Å². The highest BCUT2D eigenvalue weighted by Crippen LogP contribution is 2.50. The lowest BCUT2D eigenvalue weighted by atomic mass is 9.89. The average molecular weight is 516 g/mol. The molecule has 1 aliphatic carbocycles. The van der Waals surface area contributed by atoms with Crippen molar-refractivity contribution in [2.75, 3.05) is 6.54 Å². The summed E-state index contributed by atoms with van der Waals surface area (Å²) in [7, 11) is 0. The van der Waals surface area contributed by atoms with Gasteiger partial charge in [-0.2, -0.15) is 13.2 Å². The number of nitrogens with one attached hydrogen (secondary N) is 1. The van der Waals surface area contributed by atoms with Gasteiger partial charge in [0.1, 0.15) is 5.84 Å². The third-order valence-corrected chi connectivity index (χ3v) is 6.98. The molecule has 2 aliphatic heterocycles. The van der Waals surface area contributed by atoms with Crippen LogP contribution in [0.1, 0.15) is 46.3 Å². The average Bonchev–Trinajstić information content (AvgIpc) is 3.32. The maximum Gasteiger partial charge on any atom is 0.435 e. The maximum atomic E-state index is 14.2. The van der Waals surface area contributed by atoms with Crippen LogP contribution in [0.4, 0.5) is 17.6 Å². The smallest absolute Gasteiger partial charge is 0.372 e. The molecule has 0 bridgehead atoms. The first-order valence-corrected chi connectivity index (χ1v) is 11.4. The number of hydrogen-bond donors (Lipinski definition) is 1. The fraction of sp³-hybridized carbons (Fsp3) is 0.391. The number of rotatable bonds is 4. The predicted octanol–water partition coefficient (Wildman–Crippen LogP) is 5.78. The van der Waals surface area contributed by atoms with E-state index in [2.05, 4.69) is 10.5 Å². The van der Waals surface area contributed by atoms with E-state index < -0.39 is 39.6 Å². The Labute approximate surface area is 202 Å². The van der Waals surface area contributed by atoms with Gasteiger partial charge in [-0.1, -0.05) is 34.4 Å². The number of alkyl halides is 3. The van der Waals surface area contributed by atoms with Gasteiger partial charge in [0, 0.05) is 30.8 Å². The first-order chi connectivity index (χ1) is 16.1. The van der Waals surface area contributed by atoms with Crippen molar-refractivity contribution in [3.05, 3.63) is 68.4 Å². The largest absolute Gasteiger partial charge is 0.435 e. The summed E-state index contributed by atoms with van der Waals surface area (Å²) < 4.78 is 56.5. The molecule has 5 rings (SSSR count). The Balaban J connectivity index is 1.35. The van der Waals surface area contributed by atoms with Crippen molar-refractivity contribution in [2.24, 2.45) is 11.1 Å². The monoisotopic (exact) mass is 515 g/mol. The van der Waals surface area contributed by atoms with E-state index >= 15 is 0 Å². The van der Waals surface area contributed by atoms with E-state index in [0.717, 1.165) is 36.1 Å². The van der Waals surface area contributed by atoms with Crippen LogP contribution < -0.4 is 5.32 Å². The molecular weight excluding hydrogens is 497 g/mol. The maximum absolute atomic E-state index is 14.2. The summed E-state index contributed by atoms with van der Waals surface area (Å²) in [5.74, 6) is -0.537. The minimum Gasteiger partial charge on any atom is -0.372 e. The van der Waals surface area contributed by atoms with Crippen LogP contribution in [0.25, 0.3) is 0 Å². The molecule has 0 saturated heterocycles. The van der Waals surface area contributed by atoms with E-state index in [-0.39, 0.29) is 18.3 Å². The van der Waals surface area contributed by atoms with E-state index in [1.54, 1.807) is 23.1 Å². The van der Waals surface area contributed by atoms with E-state index in [9.17, 15) is 22.4 Å². The van der Waals surface area contributed by atoms with E-state index in [4.69, 9.17) is 28.0 Å². The number of halogens is 6. The fourth-order valence-electron chi connectivity index (χ4n) is 4.23. The van der Waals surface area contributed by atoms with E-state index in [1.165, 1.54) is 0 Å². The van der Waals surface area contributed by atoms with Crippen LogP contribution in [0.2, 0.25) is 10.0 Å². The minimum atomic E-state index is -4.87. The third kappa shape index (κ3) is 4.09. The number of carbonyl (C=O) groups excluding carboxylic acids is 1. The van der Waals surface area contributed by atoms with Gasteiger partial charge in [0.2, 0.25) is 0 Å². The third-order valence-electron chi connectivity index (χ3n) is 6.43. The summed E-state index contributed by atoms with van der Waals surface area (Å²) in [4.78, 5) is 19.1. The number of oxime groups is 1. The second-order valence-corrected chi connectivity index (χ2v) is 9.66. The highest BCUT2D eigenvalue weighted by atomic mass is 35.5. The van der Waals surface area contributed by atoms with Gasteiger partial charge in [-0.3, -0.25) is 4.79 Å². The Morgan fingerprint density at radius 3 is 2.47 bits per heavy atom. The molecule has 1 saturated carbocycles. The minimum absolute atomic E-state index is 0.0878. The molecule has 3 aliphatic rings. The lowest BCUT2D eigenvalue weighted by Gasteiger charge is -2.30. The molecule has 1 amide bonds. The molecule has 0 spiro atoms. The van der Waals surface area contributed by atoms with E-state index in [1.807, 2.05) is 0 Å². The Hall–Kier alpha value is -2.52. The van der Waals surface area contributed by atoms with Crippen LogP contribution in [0.15, 0.2) is 35.5 Å². The van der Waals surface area contributed by atoms with Gasteiger partial charge in [0.25, 0.3) is 11.5 Å². The van der Waals surface area contributed by atoms with Gasteiger partial charge in [-0.25, -0.2) is 4.39 Å². The normalized spacial score (nSPS) is 21.8. The number of hydrogen-bond acceptors (Lipinski definition) is 4. The Morgan fingerprint density at radius 1 is 1.15 bits per heavy atom. The first-order valence-electron chi connectivity index (χ1n) is 10.7. The number of benzene rings is 2. The van der Waals surface area contributed by atoms with E-state index in [0.29, 0.717) is 24.6 Å². The van der Waals surface area contributed by atoms with Crippen LogP contribution >= 0.6 is 23.2 Å². The molecule has 5 nitrogen and oxygen atoms in total. The van der Waals surface area contributed by atoms with Crippen molar-refractivity contribution in [1.29, 1.82) is 0 Å². The molecule has 2 aromatic rings. The van der Waals surface area contributed by atoms with Crippen LogP contribution in [-0.2, 0) is 23.5 Å². The Kier molecular flexibility index (Phi) is 5.67. The number of amides is 1. The van der Waals surface area contributed by atoms with Gasteiger partial charge in [-0.15, -0.1) is 0 Å². The lowest BCUT2D eigenvalue weighted by molar-refractivity contribution is -0.275. The SMILES string of the molecule is O=C(NCC1CC1)c1ccc2c(c1)CN(C1=NOC(c3cc(Cl)c(F)c(Cl)c3)(C(F)(F)F)C1)C2. The quantitative estimate of drug-likeness (QED) is 0.414. The summed E-state index contributed by atoms with van der Waals surface area (Å²) in [6, 6.07) is 6.98. The Bertz CT molecular complexity index is 1180. The van der Waals surface area contributed by atoms with Crippen molar-refractivity contribution < 1.29 is 27.2 Å². The second kappa shape index (κ2) is 8.30. The molecule has 1 N–H and O–H groups in total. The van der Waals surface area contributed by atoms with Gasteiger partial charge in [-0.05, 0) is 54.2 Å². The molecule has 1 fully saturated rings. The van der Waals surface area contributed by atoms with Crippen molar-refractivity contribution in [3.8, 4) is 0 Å². The summed E-state index contributed by atoms with van der Waals surface area (Å²) >= 11 is 11.5. The highest BCUT2D eigenvalue weighted by molar-refractivity contribution is 6.35. The number of carbonyl (C=O) groups is 1. The van der Waals surface area contributed by atoms with Crippen molar-refractivity contribution >= 4 is 34.9 Å². The molecular formula is C23H19Cl2F4N3O2. The van der Waals surface area contributed by atoms with Gasteiger partial charge >= 0.3 is 6.18 Å². The first kappa shape index (κ1) is 23.2. The zero-order chi connectivity index (χ0) is 24.3. The Morgan fingerprint density at radius 2 is 1.82 bits per heavy atom. The summed E-state index contributed by atoms with van der Waals surface area (Å²) in [6.45, 7) is 1.24. The molecule has 2 heterocycles. The van der Waals surface area contributed by atoms with Crippen LogP contribution in [0, 0.1) is 11.7 Å². The molecule has 180 valence electrons. The van der Waals surface area contributed by atoms with Gasteiger partial charge in [0.15, 0.2) is 5.82 Å². The zero-order valence-corrected chi connectivity index (χ0v) is 19.2. The summed E-state index contributed by atoms with van der Waals surface area (Å²) in [6.07, 6.45) is -3.25. The summed E-state index contributed by atoms with van der Waals surface area (Å²) in [5, 5.41) is 5.59. The number of amidine groups is 1. The van der Waals surface area contributed by atoms with Crippen molar-refractivity contribution in [1.82, 2.24) is 10.2 Å². The highest BCUT2D eigenvalue weighted by Gasteiger charge is 2.63. The van der Waals surface area contributed by atoms with Crippen molar-refractivity contribution in [2.45, 2.75) is 44.1 Å².